The van der Waals surface area contributed by atoms with Crippen LogP contribution in [-0.4, -0.2) is 29.3 Å². The van der Waals surface area contributed by atoms with E-state index in [1.807, 2.05) is 31.2 Å². The van der Waals surface area contributed by atoms with Crippen molar-refractivity contribution in [3.63, 3.8) is 0 Å². The van der Waals surface area contributed by atoms with E-state index in [9.17, 15) is 9.59 Å². The molecule has 0 aromatic heterocycles. The smallest absolute Gasteiger partial charge is 0.247 e. The van der Waals surface area contributed by atoms with Gasteiger partial charge in [0.1, 0.15) is 6.04 Å². The number of aryl methyl sites for hydroxylation is 1. The van der Waals surface area contributed by atoms with Gasteiger partial charge in [-0.2, -0.15) is 0 Å². The maximum atomic E-state index is 12.2. The van der Waals surface area contributed by atoms with Crippen molar-refractivity contribution >= 4 is 17.9 Å². The van der Waals surface area contributed by atoms with Crippen LogP contribution in [0.5, 0.6) is 0 Å². The average molecular weight is 272 g/mol. The topological polar surface area (TPSA) is 63.4 Å². The van der Waals surface area contributed by atoms with Gasteiger partial charge in [-0.3, -0.25) is 9.59 Å². The fourth-order valence-electron chi connectivity index (χ4n) is 2.53. The van der Waals surface area contributed by atoms with Crippen LogP contribution in [0.2, 0.25) is 0 Å². The van der Waals surface area contributed by atoms with Gasteiger partial charge in [-0.05, 0) is 37.8 Å². The molecule has 4 heteroatoms. The quantitative estimate of drug-likeness (QED) is 0.854. The van der Waals surface area contributed by atoms with E-state index in [-0.39, 0.29) is 5.91 Å². The van der Waals surface area contributed by atoms with Crippen LogP contribution in [0.3, 0.4) is 0 Å². The third-order valence-electron chi connectivity index (χ3n) is 3.57. The van der Waals surface area contributed by atoms with Gasteiger partial charge in [-0.15, -0.1) is 0 Å². The van der Waals surface area contributed by atoms with Gasteiger partial charge in [-0.1, -0.05) is 29.8 Å². The zero-order valence-electron chi connectivity index (χ0n) is 11.7. The molecule has 2 amide bonds. The second-order valence-electron chi connectivity index (χ2n) is 5.19. The van der Waals surface area contributed by atoms with E-state index in [2.05, 4.69) is 0 Å². The molecule has 4 nitrogen and oxygen atoms in total. The van der Waals surface area contributed by atoms with Crippen molar-refractivity contribution in [3.8, 4) is 0 Å². The fourth-order valence-corrected chi connectivity index (χ4v) is 2.53. The van der Waals surface area contributed by atoms with E-state index in [1.165, 1.54) is 6.08 Å². The molecule has 1 fully saturated rings. The molecule has 0 aliphatic carbocycles. The lowest BCUT2D eigenvalue weighted by Gasteiger charge is -2.32. The summed E-state index contributed by atoms with van der Waals surface area (Å²) in [7, 11) is 0. The summed E-state index contributed by atoms with van der Waals surface area (Å²) in [6, 6.07) is 7.45. The molecule has 1 aromatic rings. The number of carbonyl (C=O) groups excluding carboxylic acids is 2. The summed E-state index contributed by atoms with van der Waals surface area (Å²) >= 11 is 0. The summed E-state index contributed by atoms with van der Waals surface area (Å²) in [6.45, 7) is 2.61. The molecular formula is C16H20N2O2. The minimum Gasteiger partial charge on any atom is -0.368 e. The third kappa shape index (κ3) is 3.47. The van der Waals surface area contributed by atoms with Gasteiger partial charge in [0, 0.05) is 12.6 Å². The highest BCUT2D eigenvalue weighted by Crippen LogP contribution is 2.17. The Kier molecular flexibility index (Phi) is 4.56. The van der Waals surface area contributed by atoms with Crippen molar-refractivity contribution in [2.75, 3.05) is 6.54 Å². The summed E-state index contributed by atoms with van der Waals surface area (Å²) in [5.74, 6) is -0.558. The van der Waals surface area contributed by atoms with Crippen molar-refractivity contribution in [1.82, 2.24) is 4.90 Å². The Morgan fingerprint density at radius 1 is 1.35 bits per heavy atom. The van der Waals surface area contributed by atoms with Crippen molar-refractivity contribution < 1.29 is 9.59 Å². The number of hydrogen-bond donors (Lipinski definition) is 1. The lowest BCUT2D eigenvalue weighted by atomic mass is 10.0. The molecule has 20 heavy (non-hydrogen) atoms. The predicted molar refractivity (Wildman–Crippen MR) is 78.8 cm³/mol. The molecule has 0 spiro atoms. The molecular weight excluding hydrogens is 252 g/mol. The molecule has 0 saturated carbocycles. The Morgan fingerprint density at radius 2 is 2.15 bits per heavy atom. The lowest BCUT2D eigenvalue weighted by Crippen LogP contribution is -2.49. The van der Waals surface area contributed by atoms with E-state index in [4.69, 9.17) is 5.73 Å². The standard InChI is InChI=1S/C16H20N2O2/c1-12-5-4-6-13(11-12)8-9-15(19)18-10-3-2-7-14(18)16(17)20/h4-6,8-9,11,14H,2-3,7,10H2,1H3,(H2,17,20)/b9-8+. The average Bonchev–Trinajstić information content (AvgIpc) is 2.45. The number of benzene rings is 1. The van der Waals surface area contributed by atoms with Crippen molar-refractivity contribution in [3.05, 3.63) is 41.5 Å². The van der Waals surface area contributed by atoms with Gasteiger partial charge in [0.05, 0.1) is 0 Å². The Morgan fingerprint density at radius 3 is 2.85 bits per heavy atom. The first kappa shape index (κ1) is 14.3. The second-order valence-corrected chi connectivity index (χ2v) is 5.19. The molecule has 1 aliphatic rings. The first-order chi connectivity index (χ1) is 9.58. The molecule has 1 saturated heterocycles. The number of nitrogens with zero attached hydrogens (tertiary/aromatic N) is 1. The molecule has 2 N–H and O–H groups in total. The van der Waals surface area contributed by atoms with Crippen molar-refractivity contribution in [2.45, 2.75) is 32.2 Å². The maximum Gasteiger partial charge on any atom is 0.247 e. The lowest BCUT2D eigenvalue weighted by molar-refractivity contribution is -0.137. The van der Waals surface area contributed by atoms with Gasteiger partial charge >= 0.3 is 0 Å². The van der Waals surface area contributed by atoms with E-state index < -0.39 is 11.9 Å². The van der Waals surface area contributed by atoms with E-state index in [0.717, 1.165) is 24.0 Å². The van der Waals surface area contributed by atoms with Gasteiger partial charge in [0.2, 0.25) is 11.8 Å². The summed E-state index contributed by atoms with van der Waals surface area (Å²) < 4.78 is 0. The van der Waals surface area contributed by atoms with Gasteiger partial charge in [0.25, 0.3) is 0 Å². The Hall–Kier alpha value is -2.10. The summed E-state index contributed by atoms with van der Waals surface area (Å²) in [6.07, 6.45) is 5.84. The summed E-state index contributed by atoms with van der Waals surface area (Å²) in [5, 5.41) is 0. The minimum absolute atomic E-state index is 0.144. The third-order valence-corrected chi connectivity index (χ3v) is 3.57. The number of carbonyl (C=O) groups is 2. The number of hydrogen-bond acceptors (Lipinski definition) is 2. The number of primary amides is 1. The molecule has 0 radical (unpaired) electrons. The first-order valence-corrected chi connectivity index (χ1v) is 6.92. The van der Waals surface area contributed by atoms with Crippen molar-refractivity contribution in [2.24, 2.45) is 5.73 Å². The van der Waals surface area contributed by atoms with Crippen LogP contribution < -0.4 is 5.73 Å². The molecule has 1 unspecified atom stereocenters. The normalized spacial score (nSPS) is 19.2. The zero-order chi connectivity index (χ0) is 14.5. The van der Waals surface area contributed by atoms with Crippen molar-refractivity contribution in [1.29, 1.82) is 0 Å². The van der Waals surface area contributed by atoms with Crippen LogP contribution in [0.4, 0.5) is 0 Å². The summed E-state index contributed by atoms with van der Waals surface area (Å²) in [5.41, 5.74) is 7.49. The Labute approximate surface area is 119 Å². The molecule has 1 aromatic carbocycles. The Balaban J connectivity index is 2.08. The number of amides is 2. The van der Waals surface area contributed by atoms with E-state index in [1.54, 1.807) is 11.0 Å². The fraction of sp³-hybridized carbons (Fsp3) is 0.375. The predicted octanol–water partition coefficient (Wildman–Crippen LogP) is 1.87. The number of rotatable bonds is 3. The van der Waals surface area contributed by atoms with Crippen LogP contribution >= 0.6 is 0 Å². The molecule has 1 heterocycles. The second kappa shape index (κ2) is 6.37. The van der Waals surface area contributed by atoms with Crippen LogP contribution in [-0.2, 0) is 9.59 Å². The van der Waals surface area contributed by atoms with Gasteiger partial charge < -0.3 is 10.6 Å². The first-order valence-electron chi connectivity index (χ1n) is 6.92. The number of piperidine rings is 1. The monoisotopic (exact) mass is 272 g/mol. The zero-order valence-corrected chi connectivity index (χ0v) is 11.7. The largest absolute Gasteiger partial charge is 0.368 e. The van der Waals surface area contributed by atoms with Crippen LogP contribution in [0.25, 0.3) is 6.08 Å². The van der Waals surface area contributed by atoms with Crippen LogP contribution in [0.1, 0.15) is 30.4 Å². The summed E-state index contributed by atoms with van der Waals surface area (Å²) in [4.78, 5) is 25.2. The maximum absolute atomic E-state index is 12.2. The number of nitrogens with two attached hydrogens (primary N) is 1. The van der Waals surface area contributed by atoms with E-state index in [0.29, 0.717) is 13.0 Å². The highest BCUT2D eigenvalue weighted by atomic mass is 16.2. The molecule has 2 rings (SSSR count). The molecule has 1 atom stereocenters. The molecule has 0 bridgehead atoms. The molecule has 106 valence electrons. The SMILES string of the molecule is Cc1cccc(/C=C/C(=O)N2CCCCC2C(N)=O)c1. The van der Waals surface area contributed by atoms with Gasteiger partial charge in [-0.25, -0.2) is 0 Å². The van der Waals surface area contributed by atoms with E-state index >= 15 is 0 Å². The van der Waals surface area contributed by atoms with Gasteiger partial charge in [0.15, 0.2) is 0 Å². The van der Waals surface area contributed by atoms with Crippen LogP contribution in [0.15, 0.2) is 30.3 Å². The minimum atomic E-state index is -0.460. The highest BCUT2D eigenvalue weighted by molar-refractivity contribution is 5.95. The Bertz CT molecular complexity index is 537. The highest BCUT2D eigenvalue weighted by Gasteiger charge is 2.29. The van der Waals surface area contributed by atoms with Crippen LogP contribution in [0, 0.1) is 6.92 Å². The molecule has 1 aliphatic heterocycles. The number of likely N-dealkylation sites (tertiary alicyclic amines) is 1.